The standard InChI is InChI=1S/C15H14F2N2O4S/c1-2-23-15(20)18-11-4-6-12(7-5-11)19-24(21,22)14-9-10(16)3-8-13(14)17/h3-9,19H,2H2,1H3,(H,18,20). The number of ether oxygens (including phenoxy) is 1. The predicted molar refractivity (Wildman–Crippen MR) is 84.3 cm³/mol. The maximum Gasteiger partial charge on any atom is 0.411 e. The van der Waals surface area contributed by atoms with Gasteiger partial charge in [-0.2, -0.15) is 0 Å². The van der Waals surface area contributed by atoms with Crippen LogP contribution in [0.5, 0.6) is 0 Å². The largest absolute Gasteiger partial charge is 0.450 e. The SMILES string of the molecule is CCOC(=O)Nc1ccc(NS(=O)(=O)c2cc(F)ccc2F)cc1. The van der Waals surface area contributed by atoms with E-state index in [1.165, 1.54) is 24.3 Å². The van der Waals surface area contributed by atoms with E-state index in [2.05, 4.69) is 10.0 Å². The molecule has 2 N–H and O–H groups in total. The first-order valence-electron chi connectivity index (χ1n) is 6.83. The first-order valence-corrected chi connectivity index (χ1v) is 8.32. The smallest absolute Gasteiger partial charge is 0.411 e. The van der Waals surface area contributed by atoms with Gasteiger partial charge in [0.05, 0.1) is 6.61 Å². The summed E-state index contributed by atoms with van der Waals surface area (Å²) in [4.78, 5) is 10.5. The molecule has 6 nitrogen and oxygen atoms in total. The first-order chi connectivity index (χ1) is 11.3. The Morgan fingerprint density at radius 2 is 1.71 bits per heavy atom. The summed E-state index contributed by atoms with van der Waals surface area (Å²) in [5.41, 5.74) is 0.501. The lowest BCUT2D eigenvalue weighted by Gasteiger charge is -2.10. The molecule has 0 fully saturated rings. The zero-order valence-corrected chi connectivity index (χ0v) is 13.4. The van der Waals surface area contributed by atoms with Crippen LogP contribution in [0.2, 0.25) is 0 Å². The number of halogens is 2. The van der Waals surface area contributed by atoms with Crippen LogP contribution in [0.1, 0.15) is 6.92 Å². The van der Waals surface area contributed by atoms with Crippen LogP contribution < -0.4 is 10.0 Å². The highest BCUT2D eigenvalue weighted by molar-refractivity contribution is 7.92. The monoisotopic (exact) mass is 356 g/mol. The van der Waals surface area contributed by atoms with Crippen molar-refractivity contribution < 1.29 is 26.7 Å². The van der Waals surface area contributed by atoms with E-state index < -0.39 is 32.6 Å². The lowest BCUT2D eigenvalue weighted by molar-refractivity contribution is 0.168. The Balaban J connectivity index is 2.15. The lowest BCUT2D eigenvalue weighted by Crippen LogP contribution is -2.15. The number of carbonyl (C=O) groups is 1. The molecule has 0 spiro atoms. The average molecular weight is 356 g/mol. The number of hydrogen-bond donors (Lipinski definition) is 2. The molecule has 0 aromatic heterocycles. The highest BCUT2D eigenvalue weighted by atomic mass is 32.2. The molecule has 0 heterocycles. The van der Waals surface area contributed by atoms with Crippen molar-refractivity contribution in [3.8, 4) is 0 Å². The Kier molecular flexibility index (Phi) is 5.35. The summed E-state index contributed by atoms with van der Waals surface area (Å²) in [6.07, 6.45) is -0.646. The van der Waals surface area contributed by atoms with Crippen LogP contribution in [0.3, 0.4) is 0 Å². The Bertz CT molecular complexity index is 839. The van der Waals surface area contributed by atoms with Crippen molar-refractivity contribution in [3.05, 3.63) is 54.1 Å². The van der Waals surface area contributed by atoms with Crippen LogP contribution in [-0.2, 0) is 14.8 Å². The Morgan fingerprint density at radius 3 is 2.33 bits per heavy atom. The van der Waals surface area contributed by atoms with E-state index in [4.69, 9.17) is 4.74 Å². The van der Waals surface area contributed by atoms with Crippen LogP contribution in [0.15, 0.2) is 47.4 Å². The summed E-state index contributed by atoms with van der Waals surface area (Å²) in [7, 11) is -4.29. The first kappa shape index (κ1) is 17.7. The molecule has 0 radical (unpaired) electrons. The van der Waals surface area contributed by atoms with Crippen molar-refractivity contribution in [2.45, 2.75) is 11.8 Å². The molecule has 0 bridgehead atoms. The molecule has 0 saturated heterocycles. The van der Waals surface area contributed by atoms with Gasteiger partial charge in [0.1, 0.15) is 16.5 Å². The fourth-order valence-electron chi connectivity index (χ4n) is 1.80. The average Bonchev–Trinajstić information content (AvgIpc) is 2.51. The van der Waals surface area contributed by atoms with E-state index in [1.54, 1.807) is 6.92 Å². The molecule has 1 amide bonds. The summed E-state index contributed by atoms with van der Waals surface area (Å²) in [5.74, 6) is -1.93. The quantitative estimate of drug-likeness (QED) is 0.861. The molecule has 2 rings (SSSR count). The summed E-state index contributed by atoms with van der Waals surface area (Å²) < 4.78 is 57.8. The Hall–Kier alpha value is -2.68. The molecule has 0 aliphatic heterocycles. The minimum absolute atomic E-state index is 0.119. The summed E-state index contributed by atoms with van der Waals surface area (Å²) in [6.45, 7) is 1.87. The van der Waals surface area contributed by atoms with Crippen LogP contribution in [0.25, 0.3) is 0 Å². The normalized spacial score (nSPS) is 11.0. The number of benzene rings is 2. The highest BCUT2D eigenvalue weighted by Crippen LogP contribution is 2.21. The van der Waals surface area contributed by atoms with E-state index >= 15 is 0 Å². The second-order valence-electron chi connectivity index (χ2n) is 4.60. The maximum absolute atomic E-state index is 13.6. The molecule has 2 aromatic carbocycles. The van der Waals surface area contributed by atoms with Gasteiger partial charge >= 0.3 is 6.09 Å². The Labute approximate surface area is 137 Å². The van der Waals surface area contributed by atoms with E-state index in [-0.39, 0.29) is 12.3 Å². The number of carbonyl (C=O) groups excluding carboxylic acids is 1. The number of amides is 1. The fourth-order valence-corrected chi connectivity index (χ4v) is 2.95. The van der Waals surface area contributed by atoms with Gasteiger partial charge in [0.15, 0.2) is 0 Å². The van der Waals surface area contributed by atoms with Gasteiger partial charge in [-0.3, -0.25) is 10.0 Å². The predicted octanol–water partition coefficient (Wildman–Crippen LogP) is 3.33. The number of rotatable bonds is 5. The second-order valence-corrected chi connectivity index (χ2v) is 6.25. The molecular weight excluding hydrogens is 342 g/mol. The molecule has 24 heavy (non-hydrogen) atoms. The third-order valence-electron chi connectivity index (χ3n) is 2.84. The van der Waals surface area contributed by atoms with E-state index in [0.717, 1.165) is 12.1 Å². The summed E-state index contributed by atoms with van der Waals surface area (Å²) in [6, 6.07) is 7.72. The van der Waals surface area contributed by atoms with Gasteiger partial charge in [-0.1, -0.05) is 0 Å². The van der Waals surface area contributed by atoms with E-state index in [9.17, 15) is 22.0 Å². The number of hydrogen-bond acceptors (Lipinski definition) is 4. The fraction of sp³-hybridized carbons (Fsp3) is 0.133. The maximum atomic E-state index is 13.6. The minimum Gasteiger partial charge on any atom is -0.450 e. The molecule has 0 aliphatic carbocycles. The van der Waals surface area contributed by atoms with Crippen molar-refractivity contribution in [1.29, 1.82) is 0 Å². The number of anilines is 2. The lowest BCUT2D eigenvalue weighted by atomic mass is 10.3. The molecule has 0 unspecified atom stereocenters. The summed E-state index contributed by atoms with van der Waals surface area (Å²) in [5, 5.41) is 2.43. The minimum atomic E-state index is -4.29. The molecule has 2 aromatic rings. The zero-order valence-electron chi connectivity index (χ0n) is 12.5. The van der Waals surface area contributed by atoms with Crippen molar-refractivity contribution in [2.75, 3.05) is 16.6 Å². The van der Waals surface area contributed by atoms with Gasteiger partial charge in [0, 0.05) is 11.4 Å². The van der Waals surface area contributed by atoms with Gasteiger partial charge in [-0.25, -0.2) is 22.0 Å². The van der Waals surface area contributed by atoms with Gasteiger partial charge in [-0.05, 0) is 49.4 Å². The van der Waals surface area contributed by atoms with Crippen molar-refractivity contribution in [3.63, 3.8) is 0 Å². The van der Waals surface area contributed by atoms with Gasteiger partial charge < -0.3 is 4.74 Å². The van der Waals surface area contributed by atoms with E-state index in [0.29, 0.717) is 11.8 Å². The second kappa shape index (κ2) is 7.26. The van der Waals surface area contributed by atoms with Crippen molar-refractivity contribution >= 4 is 27.5 Å². The van der Waals surface area contributed by atoms with Crippen LogP contribution >= 0.6 is 0 Å². The molecule has 0 aliphatic rings. The van der Waals surface area contributed by atoms with Crippen molar-refractivity contribution in [2.24, 2.45) is 0 Å². The highest BCUT2D eigenvalue weighted by Gasteiger charge is 2.20. The molecule has 0 saturated carbocycles. The topological polar surface area (TPSA) is 84.5 Å². The Morgan fingerprint density at radius 1 is 1.08 bits per heavy atom. The van der Waals surface area contributed by atoms with Crippen LogP contribution in [-0.4, -0.2) is 21.1 Å². The van der Waals surface area contributed by atoms with Crippen LogP contribution in [0, 0.1) is 11.6 Å². The van der Waals surface area contributed by atoms with Gasteiger partial charge in [-0.15, -0.1) is 0 Å². The van der Waals surface area contributed by atoms with Gasteiger partial charge in [0.2, 0.25) is 0 Å². The summed E-state index contributed by atoms with van der Waals surface area (Å²) >= 11 is 0. The van der Waals surface area contributed by atoms with Gasteiger partial charge in [0.25, 0.3) is 10.0 Å². The molecule has 0 atom stereocenters. The van der Waals surface area contributed by atoms with E-state index in [1.807, 2.05) is 0 Å². The number of nitrogens with one attached hydrogen (secondary N) is 2. The molecule has 9 heteroatoms. The zero-order chi connectivity index (χ0) is 17.7. The number of sulfonamides is 1. The van der Waals surface area contributed by atoms with Crippen LogP contribution in [0.4, 0.5) is 25.0 Å². The molecule has 128 valence electrons. The molecular formula is C15H14F2N2O4S. The van der Waals surface area contributed by atoms with Crippen molar-refractivity contribution in [1.82, 2.24) is 0 Å². The third kappa shape index (κ3) is 4.42. The third-order valence-corrected chi connectivity index (χ3v) is 4.24.